The predicted octanol–water partition coefficient (Wildman–Crippen LogP) is 4.59. The fourth-order valence-corrected chi connectivity index (χ4v) is 3.41. The first-order valence-corrected chi connectivity index (χ1v) is 9.50. The molecule has 3 rings (SSSR count). The number of carbonyl (C=O) groups is 3. The molecule has 2 amide bonds. The highest BCUT2D eigenvalue weighted by Gasteiger charge is 2.25. The van der Waals surface area contributed by atoms with Crippen LogP contribution in [0.25, 0.3) is 6.08 Å². The van der Waals surface area contributed by atoms with Crippen LogP contribution in [0, 0.1) is 0 Å². The van der Waals surface area contributed by atoms with E-state index in [1.165, 1.54) is 17.7 Å². The van der Waals surface area contributed by atoms with Gasteiger partial charge < -0.3 is 4.74 Å². The Hall–Kier alpha value is -2.57. The molecule has 1 heterocycles. The van der Waals surface area contributed by atoms with E-state index in [0.717, 1.165) is 18.2 Å². The summed E-state index contributed by atoms with van der Waals surface area (Å²) in [4.78, 5) is 35.0. The summed E-state index contributed by atoms with van der Waals surface area (Å²) >= 11 is 7.01. The van der Waals surface area contributed by atoms with Crippen LogP contribution in [0.4, 0.5) is 4.79 Å². The zero-order chi connectivity index (χ0) is 19.2. The Morgan fingerprint density at radius 1 is 1.15 bits per heavy atom. The van der Waals surface area contributed by atoms with E-state index in [9.17, 15) is 14.4 Å². The Morgan fingerprint density at radius 2 is 1.93 bits per heavy atom. The minimum Gasteiger partial charge on any atom is -0.426 e. The molecule has 2 aromatic rings. The summed E-state index contributed by atoms with van der Waals surface area (Å²) < 4.78 is 5.31. The molecule has 1 saturated heterocycles. The van der Waals surface area contributed by atoms with E-state index < -0.39 is 11.1 Å². The maximum atomic E-state index is 12.0. The SMILES string of the molecule is O=C(CCCc1ccccc1)Oc1ccc(/C=C2\SC(=O)NC2=O)c(Cl)c1. The van der Waals surface area contributed by atoms with Crippen LogP contribution in [0.5, 0.6) is 5.75 Å². The van der Waals surface area contributed by atoms with Gasteiger partial charge in [0.2, 0.25) is 0 Å². The van der Waals surface area contributed by atoms with E-state index in [2.05, 4.69) is 5.32 Å². The number of amides is 2. The number of hydrogen-bond acceptors (Lipinski definition) is 5. The lowest BCUT2D eigenvalue weighted by atomic mass is 10.1. The minimum absolute atomic E-state index is 0.271. The summed E-state index contributed by atoms with van der Waals surface area (Å²) in [7, 11) is 0. The fourth-order valence-electron chi connectivity index (χ4n) is 2.51. The summed E-state index contributed by atoms with van der Waals surface area (Å²) in [6, 6.07) is 14.7. The molecular formula is C20H16ClNO4S. The van der Waals surface area contributed by atoms with Crippen molar-refractivity contribution < 1.29 is 19.1 Å². The van der Waals surface area contributed by atoms with Gasteiger partial charge in [-0.25, -0.2) is 0 Å². The maximum absolute atomic E-state index is 12.0. The topological polar surface area (TPSA) is 72.5 Å². The standard InChI is InChI=1S/C20H16ClNO4S/c21-16-12-15(10-9-14(16)11-17-19(24)22-20(25)27-17)26-18(23)8-4-7-13-5-2-1-3-6-13/h1-3,5-6,9-12H,4,7-8H2,(H,22,24,25)/b17-11-. The van der Waals surface area contributed by atoms with Gasteiger partial charge in [0.15, 0.2) is 0 Å². The molecule has 0 saturated carbocycles. The molecule has 0 radical (unpaired) electrons. The molecule has 0 aliphatic carbocycles. The summed E-state index contributed by atoms with van der Waals surface area (Å²) in [6.07, 6.45) is 3.33. The molecular weight excluding hydrogens is 386 g/mol. The Bertz CT molecular complexity index is 911. The van der Waals surface area contributed by atoms with E-state index in [-0.39, 0.29) is 10.9 Å². The smallest absolute Gasteiger partial charge is 0.311 e. The van der Waals surface area contributed by atoms with Gasteiger partial charge in [-0.05, 0) is 53.9 Å². The predicted molar refractivity (Wildman–Crippen MR) is 106 cm³/mol. The Balaban J connectivity index is 1.55. The van der Waals surface area contributed by atoms with Crippen LogP contribution in [0.3, 0.4) is 0 Å². The number of halogens is 1. The molecule has 0 bridgehead atoms. The molecule has 138 valence electrons. The molecule has 7 heteroatoms. The highest BCUT2D eigenvalue weighted by atomic mass is 35.5. The molecule has 5 nitrogen and oxygen atoms in total. The number of thioether (sulfide) groups is 1. The Kier molecular flexibility index (Phi) is 6.32. The summed E-state index contributed by atoms with van der Waals surface area (Å²) in [5.74, 6) is -0.439. The van der Waals surface area contributed by atoms with Crippen molar-refractivity contribution in [2.45, 2.75) is 19.3 Å². The first-order chi connectivity index (χ1) is 13.0. The van der Waals surface area contributed by atoms with Crippen molar-refractivity contribution in [3.05, 3.63) is 69.6 Å². The van der Waals surface area contributed by atoms with Crippen LogP contribution in [0.15, 0.2) is 53.4 Å². The van der Waals surface area contributed by atoms with Crippen molar-refractivity contribution in [3.63, 3.8) is 0 Å². The Labute approximate surface area is 165 Å². The molecule has 0 aromatic heterocycles. The lowest BCUT2D eigenvalue weighted by Crippen LogP contribution is -2.17. The molecule has 2 aromatic carbocycles. The summed E-state index contributed by atoms with van der Waals surface area (Å²) in [5, 5.41) is 2.09. The average Bonchev–Trinajstić information content (AvgIpc) is 2.95. The molecule has 0 atom stereocenters. The number of hydrogen-bond donors (Lipinski definition) is 1. The molecule has 1 aliphatic heterocycles. The van der Waals surface area contributed by atoms with E-state index in [1.54, 1.807) is 12.1 Å². The zero-order valence-corrected chi connectivity index (χ0v) is 15.8. The summed E-state index contributed by atoms with van der Waals surface area (Å²) in [5.41, 5.74) is 1.74. The van der Waals surface area contributed by atoms with Crippen LogP contribution in [-0.2, 0) is 16.0 Å². The highest BCUT2D eigenvalue weighted by molar-refractivity contribution is 8.18. The number of aryl methyl sites for hydroxylation is 1. The van der Waals surface area contributed by atoms with Crippen molar-refractivity contribution in [2.24, 2.45) is 0 Å². The lowest BCUT2D eigenvalue weighted by Gasteiger charge is -2.07. The molecule has 0 unspecified atom stereocenters. The van der Waals surface area contributed by atoms with Crippen LogP contribution in [-0.4, -0.2) is 17.1 Å². The van der Waals surface area contributed by atoms with Crippen LogP contribution in [0.1, 0.15) is 24.0 Å². The van der Waals surface area contributed by atoms with Crippen molar-refractivity contribution in [1.29, 1.82) is 0 Å². The first-order valence-electron chi connectivity index (χ1n) is 8.30. The Morgan fingerprint density at radius 3 is 2.59 bits per heavy atom. The second-order valence-electron chi connectivity index (χ2n) is 5.85. The maximum Gasteiger partial charge on any atom is 0.311 e. The highest BCUT2D eigenvalue weighted by Crippen LogP contribution is 2.30. The van der Waals surface area contributed by atoms with Crippen LogP contribution >= 0.6 is 23.4 Å². The molecule has 1 aliphatic rings. The van der Waals surface area contributed by atoms with E-state index in [4.69, 9.17) is 16.3 Å². The molecule has 0 spiro atoms. The second-order valence-corrected chi connectivity index (χ2v) is 7.27. The van der Waals surface area contributed by atoms with Gasteiger partial charge >= 0.3 is 5.97 Å². The third kappa shape index (κ3) is 5.45. The zero-order valence-electron chi connectivity index (χ0n) is 14.2. The van der Waals surface area contributed by atoms with Gasteiger partial charge in [-0.15, -0.1) is 0 Å². The largest absolute Gasteiger partial charge is 0.426 e. The van der Waals surface area contributed by atoms with Gasteiger partial charge in [0.1, 0.15) is 5.75 Å². The number of benzene rings is 2. The number of rotatable bonds is 6. The van der Waals surface area contributed by atoms with Crippen molar-refractivity contribution in [2.75, 3.05) is 0 Å². The number of imide groups is 1. The van der Waals surface area contributed by atoms with Crippen molar-refractivity contribution in [3.8, 4) is 5.75 Å². The van der Waals surface area contributed by atoms with Gasteiger partial charge in [-0.1, -0.05) is 41.9 Å². The fraction of sp³-hybridized carbons (Fsp3) is 0.150. The van der Waals surface area contributed by atoms with E-state index in [1.807, 2.05) is 30.3 Å². The average molecular weight is 402 g/mol. The van der Waals surface area contributed by atoms with Crippen molar-refractivity contribution in [1.82, 2.24) is 5.32 Å². The summed E-state index contributed by atoms with van der Waals surface area (Å²) in [6.45, 7) is 0. The van der Waals surface area contributed by atoms with Crippen LogP contribution < -0.4 is 10.1 Å². The van der Waals surface area contributed by atoms with Crippen LogP contribution in [0.2, 0.25) is 5.02 Å². The minimum atomic E-state index is -0.449. The van der Waals surface area contributed by atoms with Gasteiger partial charge in [0.05, 0.1) is 9.93 Å². The normalized spacial score (nSPS) is 15.1. The second kappa shape index (κ2) is 8.88. The monoisotopic (exact) mass is 401 g/mol. The van der Waals surface area contributed by atoms with E-state index in [0.29, 0.717) is 29.2 Å². The van der Waals surface area contributed by atoms with Crippen molar-refractivity contribution >= 4 is 46.6 Å². The number of esters is 1. The number of nitrogens with one attached hydrogen (secondary N) is 1. The van der Waals surface area contributed by atoms with Gasteiger partial charge in [-0.3, -0.25) is 19.7 Å². The van der Waals surface area contributed by atoms with Gasteiger partial charge in [0.25, 0.3) is 11.1 Å². The lowest BCUT2D eigenvalue weighted by molar-refractivity contribution is -0.134. The number of carbonyl (C=O) groups excluding carboxylic acids is 3. The quantitative estimate of drug-likeness (QED) is 0.435. The number of ether oxygens (including phenoxy) is 1. The first kappa shape index (κ1) is 19.2. The molecule has 1 N–H and O–H groups in total. The molecule has 27 heavy (non-hydrogen) atoms. The third-order valence-electron chi connectivity index (χ3n) is 3.82. The molecule has 1 fully saturated rings. The van der Waals surface area contributed by atoms with E-state index >= 15 is 0 Å². The van der Waals surface area contributed by atoms with Gasteiger partial charge in [0, 0.05) is 12.5 Å². The third-order valence-corrected chi connectivity index (χ3v) is 4.96. The van der Waals surface area contributed by atoms with Gasteiger partial charge in [-0.2, -0.15) is 0 Å².